The van der Waals surface area contributed by atoms with Crippen LogP contribution in [0.3, 0.4) is 0 Å². The molecule has 1 aliphatic carbocycles. The Kier molecular flexibility index (Phi) is 4.50. The van der Waals surface area contributed by atoms with Crippen molar-refractivity contribution in [2.24, 2.45) is 0 Å². The summed E-state index contributed by atoms with van der Waals surface area (Å²) in [5, 5.41) is 0.419. The molecule has 4 nitrogen and oxygen atoms in total. The summed E-state index contributed by atoms with van der Waals surface area (Å²) < 4.78 is 24.0. The Morgan fingerprint density at radius 3 is 2.56 bits per heavy atom. The number of halogens is 2. The van der Waals surface area contributed by atoms with Crippen molar-refractivity contribution >= 4 is 33.2 Å². The molecule has 0 atom stereocenters. The second-order valence-corrected chi connectivity index (χ2v) is 6.64. The zero-order valence-electron chi connectivity index (χ0n) is 9.53. The summed E-state index contributed by atoms with van der Waals surface area (Å²) in [5.74, 6) is 0. The van der Waals surface area contributed by atoms with Crippen molar-refractivity contribution in [2.45, 2.75) is 36.7 Å². The molecule has 0 radical (unpaired) electrons. The van der Waals surface area contributed by atoms with Crippen molar-refractivity contribution in [2.75, 3.05) is 0 Å². The van der Waals surface area contributed by atoms with Gasteiger partial charge in [0.25, 0.3) is 10.0 Å². The van der Waals surface area contributed by atoms with Crippen LogP contribution in [0, 0.1) is 0 Å². The molecule has 0 unspecified atom stereocenters. The number of hydrogen-bond acceptors (Lipinski definition) is 3. The molecule has 1 aliphatic rings. The van der Waals surface area contributed by atoms with Gasteiger partial charge in [-0.05, 0) is 31.0 Å². The molecule has 1 saturated carbocycles. The molecule has 1 aromatic carbocycles. The SMILES string of the molecule is O=S(=O)(NOC1CCCC1)c1cc(Cl)ccc1Cl. The maximum atomic E-state index is 12.0. The molecule has 0 heterocycles. The van der Waals surface area contributed by atoms with Crippen LogP contribution in [0.1, 0.15) is 25.7 Å². The lowest BCUT2D eigenvalue weighted by molar-refractivity contribution is 0.0223. The van der Waals surface area contributed by atoms with Gasteiger partial charge in [-0.1, -0.05) is 40.9 Å². The van der Waals surface area contributed by atoms with E-state index in [1.54, 1.807) is 0 Å². The Balaban J connectivity index is 2.12. The molecule has 0 aliphatic heterocycles. The lowest BCUT2D eigenvalue weighted by Crippen LogP contribution is -2.28. The van der Waals surface area contributed by atoms with Gasteiger partial charge in [0.05, 0.1) is 11.1 Å². The van der Waals surface area contributed by atoms with Crippen LogP contribution in [0.15, 0.2) is 23.1 Å². The fourth-order valence-electron chi connectivity index (χ4n) is 1.87. The number of nitrogens with one attached hydrogen (secondary N) is 1. The van der Waals surface area contributed by atoms with Crippen LogP contribution in [-0.2, 0) is 14.9 Å². The molecule has 0 amide bonds. The topological polar surface area (TPSA) is 55.4 Å². The van der Waals surface area contributed by atoms with E-state index >= 15 is 0 Å². The monoisotopic (exact) mass is 309 g/mol. The molecule has 1 fully saturated rings. The van der Waals surface area contributed by atoms with E-state index in [0.29, 0.717) is 5.02 Å². The van der Waals surface area contributed by atoms with Gasteiger partial charge in [-0.25, -0.2) is 8.42 Å². The van der Waals surface area contributed by atoms with E-state index in [0.717, 1.165) is 25.7 Å². The minimum Gasteiger partial charge on any atom is -0.284 e. The highest BCUT2D eigenvalue weighted by Crippen LogP contribution is 2.26. The van der Waals surface area contributed by atoms with Gasteiger partial charge in [-0.2, -0.15) is 0 Å². The van der Waals surface area contributed by atoms with E-state index in [9.17, 15) is 8.42 Å². The van der Waals surface area contributed by atoms with Gasteiger partial charge in [0.1, 0.15) is 4.90 Å². The quantitative estimate of drug-likeness (QED) is 0.869. The molecule has 0 saturated heterocycles. The minimum absolute atomic E-state index is 0.0577. The summed E-state index contributed by atoms with van der Waals surface area (Å²) >= 11 is 11.6. The molecular formula is C11H13Cl2NO3S. The first kappa shape index (κ1) is 14.1. The molecule has 7 heteroatoms. The second kappa shape index (κ2) is 5.75. The number of sulfonamides is 1. The van der Waals surface area contributed by atoms with Crippen LogP contribution in [0.4, 0.5) is 0 Å². The second-order valence-electron chi connectivity index (χ2n) is 4.19. The van der Waals surface area contributed by atoms with Crippen LogP contribution in [0.25, 0.3) is 0 Å². The van der Waals surface area contributed by atoms with Gasteiger partial charge in [0, 0.05) is 5.02 Å². The fourth-order valence-corrected chi connectivity index (χ4v) is 3.48. The van der Waals surface area contributed by atoms with Gasteiger partial charge >= 0.3 is 0 Å². The third-order valence-electron chi connectivity index (χ3n) is 2.81. The highest BCUT2D eigenvalue weighted by atomic mass is 35.5. The minimum atomic E-state index is -3.79. The van der Waals surface area contributed by atoms with Gasteiger partial charge in [-0.3, -0.25) is 4.84 Å². The first-order valence-corrected chi connectivity index (χ1v) is 7.85. The van der Waals surface area contributed by atoms with Crippen LogP contribution in [0.5, 0.6) is 0 Å². The Bertz CT molecular complexity index is 527. The standard InChI is InChI=1S/C11H13Cl2NO3S/c12-8-5-6-10(13)11(7-8)18(15,16)14-17-9-3-1-2-4-9/h5-7,9,14H,1-4H2. The maximum absolute atomic E-state index is 12.0. The number of hydrogen-bond donors (Lipinski definition) is 1. The zero-order valence-corrected chi connectivity index (χ0v) is 11.9. The molecule has 0 bridgehead atoms. The number of benzene rings is 1. The Morgan fingerprint density at radius 1 is 1.22 bits per heavy atom. The number of rotatable bonds is 4. The molecule has 2 rings (SSSR count). The highest BCUT2D eigenvalue weighted by molar-refractivity contribution is 7.89. The van der Waals surface area contributed by atoms with Crippen molar-refractivity contribution in [3.8, 4) is 0 Å². The van der Waals surface area contributed by atoms with E-state index in [1.165, 1.54) is 18.2 Å². The van der Waals surface area contributed by atoms with Crippen LogP contribution >= 0.6 is 23.2 Å². The summed E-state index contributed by atoms with van der Waals surface area (Å²) in [7, 11) is -3.79. The molecule has 18 heavy (non-hydrogen) atoms. The summed E-state index contributed by atoms with van der Waals surface area (Å²) in [5.41, 5.74) is 0. The van der Waals surface area contributed by atoms with Crippen molar-refractivity contribution in [3.05, 3.63) is 28.2 Å². The Hall–Kier alpha value is -0.330. The molecule has 1 N–H and O–H groups in total. The van der Waals surface area contributed by atoms with Crippen LogP contribution in [-0.4, -0.2) is 14.5 Å². The lowest BCUT2D eigenvalue weighted by atomic mass is 10.3. The van der Waals surface area contributed by atoms with E-state index in [4.69, 9.17) is 28.0 Å². The first-order valence-electron chi connectivity index (χ1n) is 5.61. The molecular weight excluding hydrogens is 297 g/mol. The van der Waals surface area contributed by atoms with E-state index < -0.39 is 10.0 Å². The van der Waals surface area contributed by atoms with Crippen molar-refractivity contribution in [3.63, 3.8) is 0 Å². The lowest BCUT2D eigenvalue weighted by Gasteiger charge is -2.12. The van der Waals surface area contributed by atoms with Gasteiger partial charge < -0.3 is 0 Å². The average molecular weight is 310 g/mol. The molecule has 1 aromatic rings. The largest absolute Gasteiger partial charge is 0.284 e. The zero-order chi connectivity index (χ0) is 13.2. The van der Waals surface area contributed by atoms with Crippen LogP contribution in [0.2, 0.25) is 10.0 Å². The summed E-state index contributed by atoms with van der Waals surface area (Å²) in [6.07, 6.45) is 3.80. The van der Waals surface area contributed by atoms with Crippen molar-refractivity contribution in [1.29, 1.82) is 0 Å². The summed E-state index contributed by atoms with van der Waals surface area (Å²) in [4.78, 5) is 7.22. The predicted octanol–water partition coefficient (Wildman–Crippen LogP) is 3.15. The van der Waals surface area contributed by atoms with Gasteiger partial charge in [0.2, 0.25) is 0 Å². The maximum Gasteiger partial charge on any atom is 0.264 e. The van der Waals surface area contributed by atoms with Crippen molar-refractivity contribution in [1.82, 2.24) is 4.89 Å². The first-order chi connectivity index (χ1) is 8.49. The van der Waals surface area contributed by atoms with E-state index in [2.05, 4.69) is 4.89 Å². The average Bonchev–Trinajstić information content (AvgIpc) is 2.83. The normalized spacial score (nSPS) is 17.2. The fraction of sp³-hybridized carbons (Fsp3) is 0.455. The third kappa shape index (κ3) is 3.36. The summed E-state index contributed by atoms with van der Waals surface area (Å²) in [6, 6.07) is 4.26. The van der Waals surface area contributed by atoms with Gasteiger partial charge in [-0.15, -0.1) is 0 Å². The van der Waals surface area contributed by atoms with E-state index in [1.807, 2.05) is 0 Å². The molecule has 0 aromatic heterocycles. The summed E-state index contributed by atoms with van der Waals surface area (Å²) in [6.45, 7) is 0. The van der Waals surface area contributed by atoms with E-state index in [-0.39, 0.29) is 16.0 Å². The Morgan fingerprint density at radius 2 is 1.89 bits per heavy atom. The van der Waals surface area contributed by atoms with Crippen LogP contribution < -0.4 is 4.89 Å². The molecule has 0 spiro atoms. The third-order valence-corrected chi connectivity index (χ3v) is 4.72. The van der Waals surface area contributed by atoms with Gasteiger partial charge in [0.15, 0.2) is 0 Å². The highest BCUT2D eigenvalue weighted by Gasteiger charge is 2.22. The predicted molar refractivity (Wildman–Crippen MR) is 70.1 cm³/mol. The Labute approximate surface area is 116 Å². The van der Waals surface area contributed by atoms with Crippen molar-refractivity contribution < 1.29 is 13.3 Å². The smallest absolute Gasteiger partial charge is 0.264 e. The molecule has 100 valence electrons.